The van der Waals surface area contributed by atoms with Crippen LogP contribution in [0.1, 0.15) is 0 Å². The van der Waals surface area contributed by atoms with Crippen molar-refractivity contribution in [1.29, 1.82) is 0 Å². The Kier molecular flexibility index (Phi) is 2.74. The Morgan fingerprint density at radius 2 is 2.00 bits per heavy atom. The summed E-state index contributed by atoms with van der Waals surface area (Å²) < 4.78 is 39.2. The zero-order valence-corrected chi connectivity index (χ0v) is 7.21. The molecule has 4 nitrogen and oxygen atoms in total. The number of anilines is 1. The van der Waals surface area contributed by atoms with Gasteiger partial charge in [-0.2, -0.15) is 13.2 Å². The lowest BCUT2D eigenvalue weighted by molar-refractivity contribution is -0.189. The number of hydrogen-bond donors (Lipinski definition) is 2. The van der Waals surface area contributed by atoms with Crippen molar-refractivity contribution in [3.05, 3.63) is 18.2 Å². The fourth-order valence-corrected chi connectivity index (χ4v) is 0.778. The van der Waals surface area contributed by atoms with Gasteiger partial charge in [-0.15, -0.1) is 0 Å². The largest absolute Gasteiger partial charge is 0.504 e. The van der Waals surface area contributed by atoms with E-state index < -0.39 is 23.6 Å². The van der Waals surface area contributed by atoms with Crippen molar-refractivity contribution < 1.29 is 27.8 Å². The molecule has 1 aromatic rings. The van der Waals surface area contributed by atoms with Gasteiger partial charge in [-0.25, -0.2) is 4.79 Å². The third-order valence-corrected chi connectivity index (χ3v) is 1.42. The Labute approximate surface area is 82.1 Å². The number of aromatic hydroxyl groups is 1. The topological polar surface area (TPSA) is 72.5 Å². The molecule has 0 bridgehead atoms. The number of benzene rings is 1. The van der Waals surface area contributed by atoms with Gasteiger partial charge >= 0.3 is 12.1 Å². The third-order valence-electron chi connectivity index (χ3n) is 1.42. The van der Waals surface area contributed by atoms with Crippen LogP contribution in [0.3, 0.4) is 0 Å². The van der Waals surface area contributed by atoms with Crippen molar-refractivity contribution in [3.8, 4) is 11.5 Å². The van der Waals surface area contributed by atoms with E-state index in [1.807, 2.05) is 0 Å². The van der Waals surface area contributed by atoms with E-state index in [0.717, 1.165) is 12.1 Å². The Morgan fingerprint density at radius 3 is 2.47 bits per heavy atom. The molecule has 0 fully saturated rings. The quantitative estimate of drug-likeness (QED) is 0.427. The highest BCUT2D eigenvalue weighted by Crippen LogP contribution is 2.29. The molecule has 0 aromatic heterocycles. The SMILES string of the molecule is Nc1ccc(OC(=O)C(F)(F)F)c(O)c1. The van der Waals surface area contributed by atoms with Crippen LogP contribution in [0.5, 0.6) is 11.5 Å². The van der Waals surface area contributed by atoms with Crippen molar-refractivity contribution >= 4 is 11.7 Å². The number of phenolic OH excluding ortho intramolecular Hbond substituents is 1. The van der Waals surface area contributed by atoms with Gasteiger partial charge in [0.25, 0.3) is 0 Å². The van der Waals surface area contributed by atoms with E-state index in [1.165, 1.54) is 6.07 Å². The minimum Gasteiger partial charge on any atom is -0.504 e. The van der Waals surface area contributed by atoms with Crippen molar-refractivity contribution in [2.45, 2.75) is 6.18 Å². The summed E-state index contributed by atoms with van der Waals surface area (Å²) >= 11 is 0. The first-order valence-corrected chi connectivity index (χ1v) is 3.68. The molecule has 0 saturated heterocycles. The van der Waals surface area contributed by atoms with Crippen LogP contribution in [0.25, 0.3) is 0 Å². The number of nitrogen functional groups attached to an aromatic ring is 1. The highest BCUT2D eigenvalue weighted by molar-refractivity contribution is 5.78. The van der Waals surface area contributed by atoms with Crippen molar-refractivity contribution in [1.82, 2.24) is 0 Å². The number of hydrogen-bond acceptors (Lipinski definition) is 4. The van der Waals surface area contributed by atoms with E-state index in [1.54, 1.807) is 0 Å². The lowest BCUT2D eigenvalue weighted by Gasteiger charge is -2.08. The molecule has 82 valence electrons. The zero-order chi connectivity index (χ0) is 11.6. The molecule has 0 spiro atoms. The number of esters is 1. The van der Waals surface area contributed by atoms with Crippen molar-refractivity contribution in [3.63, 3.8) is 0 Å². The normalized spacial score (nSPS) is 11.1. The average molecular weight is 221 g/mol. The minimum atomic E-state index is -5.10. The number of alkyl halides is 3. The molecule has 0 aliphatic rings. The first-order chi connectivity index (χ1) is 6.80. The summed E-state index contributed by atoms with van der Waals surface area (Å²) in [5, 5.41) is 9.08. The maximum absolute atomic E-state index is 11.8. The fraction of sp³-hybridized carbons (Fsp3) is 0.125. The van der Waals surface area contributed by atoms with Gasteiger partial charge in [0.1, 0.15) is 0 Å². The first kappa shape index (κ1) is 11.2. The molecule has 3 N–H and O–H groups in total. The van der Waals surface area contributed by atoms with Gasteiger partial charge in [-0.05, 0) is 12.1 Å². The van der Waals surface area contributed by atoms with Gasteiger partial charge in [0, 0.05) is 11.8 Å². The van der Waals surface area contributed by atoms with Gasteiger partial charge in [-0.1, -0.05) is 0 Å². The number of carbonyl (C=O) groups excluding carboxylic acids is 1. The van der Waals surface area contributed by atoms with Crippen LogP contribution in [0.2, 0.25) is 0 Å². The van der Waals surface area contributed by atoms with Gasteiger partial charge < -0.3 is 15.6 Å². The van der Waals surface area contributed by atoms with Crippen LogP contribution >= 0.6 is 0 Å². The summed E-state index contributed by atoms with van der Waals surface area (Å²) in [4.78, 5) is 10.4. The highest BCUT2D eigenvalue weighted by Gasteiger charge is 2.41. The molecule has 0 radical (unpaired) electrons. The molecule has 1 aromatic carbocycles. The van der Waals surface area contributed by atoms with E-state index in [0.29, 0.717) is 0 Å². The molecule has 7 heteroatoms. The maximum Gasteiger partial charge on any atom is 0.491 e. The first-order valence-electron chi connectivity index (χ1n) is 3.68. The number of phenols is 1. The Morgan fingerprint density at radius 1 is 1.40 bits per heavy atom. The van der Waals surface area contributed by atoms with Gasteiger partial charge in [0.05, 0.1) is 0 Å². The average Bonchev–Trinajstić information content (AvgIpc) is 2.08. The zero-order valence-electron chi connectivity index (χ0n) is 7.21. The fourth-order valence-electron chi connectivity index (χ4n) is 0.778. The Balaban J connectivity index is 2.87. The standard InChI is InChI=1S/C8H6F3NO3/c9-8(10,11)7(14)15-6-2-1-4(12)3-5(6)13/h1-3,13H,12H2. The summed E-state index contributed by atoms with van der Waals surface area (Å²) in [6, 6.07) is 3.13. The summed E-state index contributed by atoms with van der Waals surface area (Å²) in [7, 11) is 0. The number of nitrogens with two attached hydrogens (primary N) is 1. The van der Waals surface area contributed by atoms with Gasteiger partial charge in [-0.3, -0.25) is 0 Å². The number of ether oxygens (including phenoxy) is 1. The molecule has 0 heterocycles. The number of halogens is 3. The molecular weight excluding hydrogens is 215 g/mol. The molecule has 1 rings (SSSR count). The van der Waals surface area contributed by atoms with Crippen molar-refractivity contribution in [2.24, 2.45) is 0 Å². The summed E-state index contributed by atoms with van der Waals surface area (Å²) in [6.45, 7) is 0. The number of rotatable bonds is 1. The number of carbonyl (C=O) groups is 1. The van der Waals surface area contributed by atoms with E-state index in [4.69, 9.17) is 10.8 Å². The smallest absolute Gasteiger partial charge is 0.491 e. The van der Waals surface area contributed by atoms with E-state index in [2.05, 4.69) is 4.74 Å². The third kappa shape index (κ3) is 2.76. The van der Waals surface area contributed by atoms with Crippen LogP contribution in [-0.2, 0) is 4.79 Å². The van der Waals surface area contributed by atoms with Crippen LogP contribution in [0.15, 0.2) is 18.2 Å². The second-order valence-electron chi connectivity index (χ2n) is 2.61. The molecule has 0 aliphatic heterocycles. The van der Waals surface area contributed by atoms with Crippen LogP contribution in [0.4, 0.5) is 18.9 Å². The molecule has 0 saturated carbocycles. The van der Waals surface area contributed by atoms with E-state index >= 15 is 0 Å². The lowest BCUT2D eigenvalue weighted by atomic mass is 10.3. The van der Waals surface area contributed by atoms with Crippen LogP contribution in [-0.4, -0.2) is 17.3 Å². The molecule has 15 heavy (non-hydrogen) atoms. The summed E-state index contributed by atoms with van der Waals surface area (Å²) in [6.07, 6.45) is -5.10. The monoisotopic (exact) mass is 221 g/mol. The molecule has 0 atom stereocenters. The molecule has 0 amide bonds. The van der Waals surface area contributed by atoms with Gasteiger partial charge in [0.15, 0.2) is 11.5 Å². The second kappa shape index (κ2) is 3.68. The molecule has 0 aliphatic carbocycles. The molecular formula is C8H6F3NO3. The lowest BCUT2D eigenvalue weighted by Crippen LogP contribution is -2.27. The predicted octanol–water partition coefficient (Wildman–Crippen LogP) is 1.44. The summed E-state index contributed by atoms with van der Waals surface area (Å²) in [5.41, 5.74) is 5.36. The maximum atomic E-state index is 11.8. The Bertz CT molecular complexity index is 389. The predicted molar refractivity (Wildman–Crippen MR) is 44.2 cm³/mol. The van der Waals surface area contributed by atoms with Crippen molar-refractivity contribution in [2.75, 3.05) is 5.73 Å². The van der Waals surface area contributed by atoms with Gasteiger partial charge in [0.2, 0.25) is 0 Å². The summed E-state index contributed by atoms with van der Waals surface area (Å²) in [5.74, 6) is -3.62. The Hall–Kier alpha value is -1.92. The molecule has 0 unspecified atom stereocenters. The highest BCUT2D eigenvalue weighted by atomic mass is 19.4. The van der Waals surface area contributed by atoms with E-state index in [-0.39, 0.29) is 5.69 Å². The van der Waals surface area contributed by atoms with Crippen LogP contribution < -0.4 is 10.5 Å². The second-order valence-corrected chi connectivity index (χ2v) is 2.61. The minimum absolute atomic E-state index is 0.138. The van der Waals surface area contributed by atoms with Crippen LogP contribution in [0, 0.1) is 0 Å². The van der Waals surface area contributed by atoms with E-state index in [9.17, 15) is 18.0 Å².